The standard InChI is InChI=1S/C15H15BrN2O2/c1-20-15(19)10-8-11-13(18-6-2-3-7-18)4-5-17-14(11)12(16)9-10/h4-5,8-9H,2-3,6-7H2,1H3. The molecule has 2 aromatic rings. The van der Waals surface area contributed by atoms with Crippen LogP contribution in [0.2, 0.25) is 0 Å². The van der Waals surface area contributed by atoms with Gasteiger partial charge in [-0.15, -0.1) is 0 Å². The van der Waals surface area contributed by atoms with E-state index in [0.29, 0.717) is 5.56 Å². The van der Waals surface area contributed by atoms with Gasteiger partial charge in [0, 0.05) is 34.8 Å². The zero-order valence-corrected chi connectivity index (χ0v) is 12.8. The minimum Gasteiger partial charge on any atom is -0.465 e. The van der Waals surface area contributed by atoms with Crippen LogP contribution in [0.5, 0.6) is 0 Å². The fourth-order valence-electron chi connectivity index (χ4n) is 2.67. The van der Waals surface area contributed by atoms with Crippen molar-refractivity contribution in [3.05, 3.63) is 34.4 Å². The van der Waals surface area contributed by atoms with Gasteiger partial charge >= 0.3 is 5.97 Å². The van der Waals surface area contributed by atoms with E-state index in [0.717, 1.165) is 34.2 Å². The molecule has 0 spiro atoms. The summed E-state index contributed by atoms with van der Waals surface area (Å²) in [6.45, 7) is 2.11. The van der Waals surface area contributed by atoms with Gasteiger partial charge in [-0.25, -0.2) is 4.79 Å². The van der Waals surface area contributed by atoms with Crippen LogP contribution in [-0.2, 0) is 4.74 Å². The number of nitrogens with zero attached hydrogens (tertiary/aromatic N) is 2. The van der Waals surface area contributed by atoms with Crippen molar-refractivity contribution in [2.75, 3.05) is 25.1 Å². The predicted molar refractivity (Wildman–Crippen MR) is 82.2 cm³/mol. The lowest BCUT2D eigenvalue weighted by Gasteiger charge is -2.20. The summed E-state index contributed by atoms with van der Waals surface area (Å²) in [5.41, 5.74) is 2.56. The van der Waals surface area contributed by atoms with Crippen molar-refractivity contribution in [2.45, 2.75) is 12.8 Å². The van der Waals surface area contributed by atoms with Crippen LogP contribution in [0.3, 0.4) is 0 Å². The number of benzene rings is 1. The molecule has 104 valence electrons. The Balaban J connectivity index is 2.20. The molecule has 1 aromatic carbocycles. The van der Waals surface area contributed by atoms with Crippen molar-refractivity contribution in [1.82, 2.24) is 4.98 Å². The Kier molecular flexibility index (Phi) is 3.61. The molecule has 1 fully saturated rings. The van der Waals surface area contributed by atoms with E-state index < -0.39 is 0 Å². The number of anilines is 1. The van der Waals surface area contributed by atoms with Gasteiger partial charge < -0.3 is 9.64 Å². The van der Waals surface area contributed by atoms with E-state index in [1.165, 1.54) is 20.0 Å². The van der Waals surface area contributed by atoms with Crippen molar-refractivity contribution in [3.8, 4) is 0 Å². The van der Waals surface area contributed by atoms with Crippen molar-refractivity contribution in [3.63, 3.8) is 0 Å². The number of aromatic nitrogens is 1. The summed E-state index contributed by atoms with van der Waals surface area (Å²) >= 11 is 3.50. The Hall–Kier alpha value is -1.62. The van der Waals surface area contributed by atoms with Crippen molar-refractivity contribution in [2.24, 2.45) is 0 Å². The summed E-state index contributed by atoms with van der Waals surface area (Å²) in [6, 6.07) is 5.64. The lowest BCUT2D eigenvalue weighted by atomic mass is 10.1. The Morgan fingerprint density at radius 2 is 2.10 bits per heavy atom. The molecular formula is C15H15BrN2O2. The number of hydrogen-bond acceptors (Lipinski definition) is 4. The van der Waals surface area contributed by atoms with Crippen LogP contribution in [-0.4, -0.2) is 31.2 Å². The average molecular weight is 335 g/mol. The maximum Gasteiger partial charge on any atom is 0.337 e. The van der Waals surface area contributed by atoms with Gasteiger partial charge in [0.2, 0.25) is 0 Å². The number of hydrogen-bond donors (Lipinski definition) is 0. The first-order valence-electron chi connectivity index (χ1n) is 6.62. The van der Waals surface area contributed by atoms with E-state index in [-0.39, 0.29) is 5.97 Å². The molecule has 1 aliphatic heterocycles. The lowest BCUT2D eigenvalue weighted by molar-refractivity contribution is 0.0601. The number of halogens is 1. The van der Waals surface area contributed by atoms with E-state index in [1.54, 1.807) is 6.07 Å². The number of carbonyl (C=O) groups excluding carboxylic acids is 1. The Morgan fingerprint density at radius 1 is 1.35 bits per heavy atom. The number of pyridine rings is 1. The molecule has 1 aromatic heterocycles. The SMILES string of the molecule is COC(=O)c1cc(Br)c2nccc(N3CCCC3)c2c1. The molecule has 3 rings (SSSR count). The molecule has 20 heavy (non-hydrogen) atoms. The number of methoxy groups -OCH3 is 1. The second-order valence-corrected chi connectivity index (χ2v) is 5.72. The maximum absolute atomic E-state index is 11.8. The van der Waals surface area contributed by atoms with Gasteiger partial charge in [0.25, 0.3) is 0 Å². The molecule has 0 bridgehead atoms. The maximum atomic E-state index is 11.8. The van der Waals surface area contributed by atoms with Crippen LogP contribution in [0.4, 0.5) is 5.69 Å². The van der Waals surface area contributed by atoms with Crippen LogP contribution in [0.25, 0.3) is 10.9 Å². The zero-order valence-electron chi connectivity index (χ0n) is 11.2. The zero-order chi connectivity index (χ0) is 14.1. The molecule has 5 heteroatoms. The molecular weight excluding hydrogens is 320 g/mol. The Morgan fingerprint density at radius 3 is 2.80 bits per heavy atom. The third kappa shape index (κ3) is 2.26. The smallest absolute Gasteiger partial charge is 0.337 e. The van der Waals surface area contributed by atoms with Gasteiger partial charge in [-0.3, -0.25) is 4.98 Å². The van der Waals surface area contributed by atoms with E-state index in [2.05, 4.69) is 25.8 Å². The molecule has 4 nitrogen and oxygen atoms in total. The molecule has 0 amide bonds. The number of fused-ring (bicyclic) bond motifs is 1. The van der Waals surface area contributed by atoms with Crippen molar-refractivity contribution in [1.29, 1.82) is 0 Å². The third-order valence-electron chi connectivity index (χ3n) is 3.64. The molecule has 0 saturated carbocycles. The second-order valence-electron chi connectivity index (χ2n) is 4.87. The summed E-state index contributed by atoms with van der Waals surface area (Å²) in [5, 5.41) is 0.990. The van der Waals surface area contributed by atoms with Crippen LogP contribution >= 0.6 is 15.9 Å². The highest BCUT2D eigenvalue weighted by Gasteiger charge is 2.18. The Labute approximate surface area is 125 Å². The lowest BCUT2D eigenvalue weighted by Crippen LogP contribution is -2.18. The first kappa shape index (κ1) is 13.4. The molecule has 1 aliphatic rings. The van der Waals surface area contributed by atoms with Gasteiger partial charge in [-0.2, -0.15) is 0 Å². The summed E-state index contributed by atoms with van der Waals surface area (Å²) in [5.74, 6) is -0.330. The van der Waals surface area contributed by atoms with Crippen molar-refractivity contribution < 1.29 is 9.53 Å². The van der Waals surface area contributed by atoms with Gasteiger partial charge in [0.15, 0.2) is 0 Å². The van der Waals surface area contributed by atoms with Gasteiger partial charge in [0.1, 0.15) is 0 Å². The molecule has 0 radical (unpaired) electrons. The molecule has 1 saturated heterocycles. The fraction of sp³-hybridized carbons (Fsp3) is 0.333. The largest absolute Gasteiger partial charge is 0.465 e. The first-order chi connectivity index (χ1) is 9.70. The molecule has 0 aliphatic carbocycles. The third-order valence-corrected chi connectivity index (χ3v) is 4.25. The number of ether oxygens (including phenoxy) is 1. The van der Waals surface area contributed by atoms with Crippen LogP contribution in [0.15, 0.2) is 28.9 Å². The topological polar surface area (TPSA) is 42.4 Å². The number of esters is 1. The van der Waals surface area contributed by atoms with E-state index in [9.17, 15) is 4.79 Å². The van der Waals surface area contributed by atoms with E-state index in [1.807, 2.05) is 18.3 Å². The van der Waals surface area contributed by atoms with E-state index in [4.69, 9.17) is 4.74 Å². The van der Waals surface area contributed by atoms with Gasteiger partial charge in [-0.05, 0) is 47.0 Å². The molecule has 0 N–H and O–H groups in total. The quantitative estimate of drug-likeness (QED) is 0.789. The predicted octanol–water partition coefficient (Wildman–Crippen LogP) is 3.38. The normalized spacial score (nSPS) is 14.8. The fourth-order valence-corrected chi connectivity index (χ4v) is 3.23. The van der Waals surface area contributed by atoms with Gasteiger partial charge in [-0.1, -0.05) is 0 Å². The minimum atomic E-state index is -0.330. The number of rotatable bonds is 2. The molecule has 2 heterocycles. The summed E-state index contributed by atoms with van der Waals surface area (Å²) in [7, 11) is 1.39. The van der Waals surface area contributed by atoms with Gasteiger partial charge in [0.05, 0.1) is 18.2 Å². The minimum absolute atomic E-state index is 0.330. The van der Waals surface area contributed by atoms with Crippen LogP contribution in [0, 0.1) is 0 Å². The summed E-state index contributed by atoms with van der Waals surface area (Å²) in [6.07, 6.45) is 4.24. The highest BCUT2D eigenvalue weighted by molar-refractivity contribution is 9.10. The highest BCUT2D eigenvalue weighted by Crippen LogP contribution is 2.33. The summed E-state index contributed by atoms with van der Waals surface area (Å²) in [4.78, 5) is 18.5. The Bertz CT molecular complexity index is 666. The van der Waals surface area contributed by atoms with Crippen LogP contribution < -0.4 is 4.90 Å². The summed E-state index contributed by atoms with van der Waals surface area (Å²) < 4.78 is 5.63. The average Bonchev–Trinajstić information content (AvgIpc) is 2.99. The monoisotopic (exact) mass is 334 g/mol. The second kappa shape index (κ2) is 5.40. The highest BCUT2D eigenvalue weighted by atomic mass is 79.9. The number of carbonyl (C=O) groups is 1. The van der Waals surface area contributed by atoms with E-state index >= 15 is 0 Å². The van der Waals surface area contributed by atoms with Crippen molar-refractivity contribution >= 4 is 38.5 Å². The first-order valence-corrected chi connectivity index (χ1v) is 7.41. The van der Waals surface area contributed by atoms with Crippen LogP contribution in [0.1, 0.15) is 23.2 Å². The molecule has 0 atom stereocenters. The molecule has 0 unspecified atom stereocenters.